The third-order valence-electron chi connectivity index (χ3n) is 2.08. The molecule has 5 nitrogen and oxygen atoms in total. The second kappa shape index (κ2) is 6.99. The number of hydrogen-bond acceptors (Lipinski definition) is 5. The highest BCUT2D eigenvalue weighted by molar-refractivity contribution is 5.90. The van der Waals surface area contributed by atoms with Crippen molar-refractivity contribution in [1.29, 1.82) is 0 Å². The van der Waals surface area contributed by atoms with E-state index in [1.165, 1.54) is 18.2 Å². The Hall–Kier alpha value is -1.96. The van der Waals surface area contributed by atoms with Crippen LogP contribution in [0.1, 0.15) is 17.3 Å². The van der Waals surface area contributed by atoms with Gasteiger partial charge in [-0.2, -0.15) is 13.2 Å². The summed E-state index contributed by atoms with van der Waals surface area (Å²) in [5.41, 5.74) is 5.98. The van der Waals surface area contributed by atoms with E-state index in [2.05, 4.69) is 9.47 Å². The Morgan fingerprint density at radius 1 is 1.35 bits per heavy atom. The van der Waals surface area contributed by atoms with Crippen LogP contribution in [0.2, 0.25) is 0 Å². The summed E-state index contributed by atoms with van der Waals surface area (Å²) in [6.45, 7) is -0.0734. The molecule has 0 heterocycles. The van der Waals surface area contributed by atoms with Gasteiger partial charge in [0.15, 0.2) is 6.79 Å². The molecule has 0 unspecified atom stereocenters. The number of nitrogen functional groups attached to an aromatic ring is 1. The summed E-state index contributed by atoms with van der Waals surface area (Å²) in [6, 6.07) is 4.19. The van der Waals surface area contributed by atoms with E-state index in [4.69, 9.17) is 10.5 Å². The fourth-order valence-corrected chi connectivity index (χ4v) is 1.30. The minimum Gasteiger partial charge on any atom is -0.492 e. The number of carbonyl (C=O) groups excluding carboxylic acids is 1. The van der Waals surface area contributed by atoms with Crippen molar-refractivity contribution >= 4 is 11.7 Å². The number of nitrogens with two attached hydrogens (primary N) is 1. The van der Waals surface area contributed by atoms with Gasteiger partial charge in [-0.25, -0.2) is 4.79 Å². The zero-order valence-electron chi connectivity index (χ0n) is 10.7. The van der Waals surface area contributed by atoms with Gasteiger partial charge in [0.25, 0.3) is 0 Å². The van der Waals surface area contributed by atoms with Gasteiger partial charge in [-0.15, -0.1) is 0 Å². The predicted molar refractivity (Wildman–Crippen MR) is 64.3 cm³/mol. The number of esters is 1. The van der Waals surface area contributed by atoms with E-state index < -0.39 is 25.5 Å². The molecular formula is C12H14F3NO4. The third kappa shape index (κ3) is 5.35. The Morgan fingerprint density at radius 2 is 2.05 bits per heavy atom. The van der Waals surface area contributed by atoms with E-state index in [1.807, 2.05) is 0 Å². The topological polar surface area (TPSA) is 70.8 Å². The first-order valence-electron chi connectivity index (χ1n) is 5.67. The number of halogens is 3. The number of benzene rings is 1. The number of alkyl halides is 3. The van der Waals surface area contributed by atoms with Crippen LogP contribution in [-0.4, -0.2) is 32.2 Å². The van der Waals surface area contributed by atoms with Gasteiger partial charge in [-0.1, -0.05) is 0 Å². The smallest absolute Gasteiger partial charge is 0.411 e. The zero-order chi connectivity index (χ0) is 15.2. The molecule has 20 heavy (non-hydrogen) atoms. The average Bonchev–Trinajstić information content (AvgIpc) is 2.36. The third-order valence-corrected chi connectivity index (χ3v) is 2.08. The Kier molecular flexibility index (Phi) is 5.63. The number of ether oxygens (including phenoxy) is 3. The van der Waals surface area contributed by atoms with Crippen LogP contribution in [0.15, 0.2) is 18.2 Å². The van der Waals surface area contributed by atoms with E-state index in [1.54, 1.807) is 6.92 Å². The van der Waals surface area contributed by atoms with Gasteiger partial charge in [-0.3, -0.25) is 0 Å². The normalized spacial score (nSPS) is 11.2. The summed E-state index contributed by atoms with van der Waals surface area (Å²) in [5, 5.41) is 0. The Labute approximate surface area is 113 Å². The van der Waals surface area contributed by atoms with Crippen molar-refractivity contribution in [3.05, 3.63) is 23.8 Å². The van der Waals surface area contributed by atoms with Crippen LogP contribution < -0.4 is 10.5 Å². The predicted octanol–water partition coefficient (Wildman–Crippen LogP) is 2.36. The largest absolute Gasteiger partial charge is 0.492 e. The molecule has 0 saturated carbocycles. The molecule has 1 rings (SSSR count). The Balaban J connectivity index is 2.49. The molecule has 112 valence electrons. The SMILES string of the molecule is CCOc1ccc(C(=O)OCOCC(F)(F)F)cc1N. The minimum atomic E-state index is -4.46. The van der Waals surface area contributed by atoms with Gasteiger partial charge in [0, 0.05) is 0 Å². The monoisotopic (exact) mass is 293 g/mol. The van der Waals surface area contributed by atoms with E-state index in [9.17, 15) is 18.0 Å². The highest BCUT2D eigenvalue weighted by Gasteiger charge is 2.27. The number of hydrogen-bond donors (Lipinski definition) is 1. The van der Waals surface area contributed by atoms with Crippen LogP contribution in [0.3, 0.4) is 0 Å². The van der Waals surface area contributed by atoms with Crippen molar-refractivity contribution in [2.45, 2.75) is 13.1 Å². The molecule has 1 aromatic rings. The maximum atomic E-state index is 11.8. The van der Waals surface area contributed by atoms with Crippen LogP contribution in [0.5, 0.6) is 5.75 Å². The van der Waals surface area contributed by atoms with Crippen molar-refractivity contribution in [2.24, 2.45) is 0 Å². The molecule has 0 amide bonds. The Bertz CT molecular complexity index is 463. The van der Waals surface area contributed by atoms with Crippen LogP contribution in [0.25, 0.3) is 0 Å². The van der Waals surface area contributed by atoms with Crippen LogP contribution in [-0.2, 0) is 9.47 Å². The van der Waals surface area contributed by atoms with E-state index in [0.717, 1.165) is 0 Å². The fourth-order valence-electron chi connectivity index (χ4n) is 1.30. The number of rotatable bonds is 6. The molecule has 0 aliphatic rings. The lowest BCUT2D eigenvalue weighted by Gasteiger charge is -2.10. The second-order valence-corrected chi connectivity index (χ2v) is 3.70. The van der Waals surface area contributed by atoms with Crippen molar-refractivity contribution in [1.82, 2.24) is 0 Å². The molecule has 0 aliphatic carbocycles. The molecular weight excluding hydrogens is 279 g/mol. The summed E-state index contributed by atoms with van der Waals surface area (Å²) < 4.78 is 49.2. The van der Waals surface area contributed by atoms with Gasteiger partial charge in [-0.05, 0) is 25.1 Å². The van der Waals surface area contributed by atoms with Gasteiger partial charge in [0.1, 0.15) is 12.4 Å². The molecule has 0 spiro atoms. The van der Waals surface area contributed by atoms with Crippen LogP contribution >= 0.6 is 0 Å². The number of anilines is 1. The van der Waals surface area contributed by atoms with Gasteiger partial charge >= 0.3 is 12.1 Å². The first-order chi connectivity index (χ1) is 9.33. The highest BCUT2D eigenvalue weighted by atomic mass is 19.4. The fraction of sp³-hybridized carbons (Fsp3) is 0.417. The second-order valence-electron chi connectivity index (χ2n) is 3.70. The lowest BCUT2D eigenvalue weighted by Crippen LogP contribution is -2.19. The summed E-state index contributed by atoms with van der Waals surface area (Å²) in [7, 11) is 0. The minimum absolute atomic E-state index is 0.0987. The van der Waals surface area contributed by atoms with Crippen molar-refractivity contribution in [3.63, 3.8) is 0 Å². The molecule has 0 aromatic heterocycles. The summed E-state index contributed by atoms with van der Waals surface area (Å²) in [5.74, 6) is -0.417. The first-order valence-corrected chi connectivity index (χ1v) is 5.67. The van der Waals surface area contributed by atoms with Crippen molar-refractivity contribution in [2.75, 3.05) is 25.7 Å². The lowest BCUT2D eigenvalue weighted by molar-refractivity contribution is -0.190. The molecule has 0 fully saturated rings. The summed E-state index contributed by atoms with van der Waals surface area (Å²) in [6.07, 6.45) is -4.46. The molecule has 0 bridgehead atoms. The van der Waals surface area contributed by atoms with Gasteiger partial charge < -0.3 is 19.9 Å². The first kappa shape index (κ1) is 16.1. The van der Waals surface area contributed by atoms with Gasteiger partial charge in [0.2, 0.25) is 0 Å². The Morgan fingerprint density at radius 3 is 2.60 bits per heavy atom. The van der Waals surface area contributed by atoms with E-state index in [-0.39, 0.29) is 11.3 Å². The molecule has 2 N–H and O–H groups in total. The zero-order valence-corrected chi connectivity index (χ0v) is 10.7. The van der Waals surface area contributed by atoms with E-state index in [0.29, 0.717) is 12.4 Å². The summed E-state index contributed by atoms with van der Waals surface area (Å²) in [4.78, 5) is 11.5. The average molecular weight is 293 g/mol. The molecule has 0 atom stereocenters. The molecule has 8 heteroatoms. The lowest BCUT2D eigenvalue weighted by atomic mass is 10.2. The van der Waals surface area contributed by atoms with E-state index >= 15 is 0 Å². The summed E-state index contributed by atoms with van der Waals surface area (Å²) >= 11 is 0. The maximum Gasteiger partial charge on any atom is 0.411 e. The standard InChI is InChI=1S/C12H14F3NO4/c1-2-19-10-4-3-8(5-9(10)16)11(17)20-7-18-6-12(13,14)15/h3-5H,2,6-7,16H2,1H3. The quantitative estimate of drug-likeness (QED) is 0.377. The molecule has 0 saturated heterocycles. The highest BCUT2D eigenvalue weighted by Crippen LogP contribution is 2.23. The van der Waals surface area contributed by atoms with Crippen molar-refractivity contribution < 1.29 is 32.2 Å². The van der Waals surface area contributed by atoms with Crippen molar-refractivity contribution in [3.8, 4) is 5.75 Å². The number of carbonyl (C=O) groups is 1. The van der Waals surface area contributed by atoms with Crippen LogP contribution in [0.4, 0.5) is 18.9 Å². The maximum absolute atomic E-state index is 11.8. The van der Waals surface area contributed by atoms with Gasteiger partial charge in [0.05, 0.1) is 17.9 Å². The van der Waals surface area contributed by atoms with Crippen LogP contribution in [0, 0.1) is 0 Å². The molecule has 0 aliphatic heterocycles. The molecule has 0 radical (unpaired) electrons. The molecule has 1 aromatic carbocycles.